The third kappa shape index (κ3) is 3.48. The van der Waals surface area contributed by atoms with Crippen molar-refractivity contribution in [2.75, 3.05) is 20.3 Å². The summed E-state index contributed by atoms with van der Waals surface area (Å²) in [6.45, 7) is 1.19. The SMILES string of the molecule is CNC(Cc1cc(F)ccc1F)CC1OCCO1. The first-order chi connectivity index (χ1) is 8.69. The highest BCUT2D eigenvalue weighted by Gasteiger charge is 2.21. The fourth-order valence-corrected chi connectivity index (χ4v) is 2.04. The lowest BCUT2D eigenvalue weighted by molar-refractivity contribution is -0.0523. The van der Waals surface area contributed by atoms with Crippen molar-refractivity contribution >= 4 is 0 Å². The van der Waals surface area contributed by atoms with Gasteiger partial charge in [0.1, 0.15) is 11.6 Å². The third-order valence-corrected chi connectivity index (χ3v) is 3.05. The van der Waals surface area contributed by atoms with Crippen LogP contribution in [0.1, 0.15) is 12.0 Å². The molecule has 0 aromatic heterocycles. The predicted octanol–water partition coefficient (Wildman–Crippen LogP) is 1.86. The molecule has 1 atom stereocenters. The van der Waals surface area contributed by atoms with Crippen molar-refractivity contribution in [3.8, 4) is 0 Å². The Labute approximate surface area is 105 Å². The van der Waals surface area contributed by atoms with Gasteiger partial charge in [0, 0.05) is 12.5 Å². The minimum atomic E-state index is -0.422. The van der Waals surface area contributed by atoms with Crippen LogP contribution >= 0.6 is 0 Å². The van der Waals surface area contributed by atoms with Crippen LogP contribution in [0.25, 0.3) is 0 Å². The maximum atomic E-state index is 13.5. The van der Waals surface area contributed by atoms with E-state index in [0.29, 0.717) is 31.6 Å². The zero-order chi connectivity index (χ0) is 13.0. The van der Waals surface area contributed by atoms with Crippen LogP contribution in [0, 0.1) is 11.6 Å². The molecule has 1 aromatic rings. The summed E-state index contributed by atoms with van der Waals surface area (Å²) in [4.78, 5) is 0. The highest BCUT2D eigenvalue weighted by molar-refractivity contribution is 5.19. The van der Waals surface area contributed by atoms with Gasteiger partial charge in [-0.15, -0.1) is 0 Å². The summed E-state index contributed by atoms with van der Waals surface area (Å²) in [7, 11) is 1.79. The molecule has 3 nitrogen and oxygen atoms in total. The van der Waals surface area contributed by atoms with Gasteiger partial charge in [0.25, 0.3) is 0 Å². The third-order valence-electron chi connectivity index (χ3n) is 3.05. The van der Waals surface area contributed by atoms with Gasteiger partial charge in [-0.25, -0.2) is 8.78 Å². The van der Waals surface area contributed by atoms with E-state index in [0.717, 1.165) is 12.1 Å². The Morgan fingerprint density at radius 3 is 2.72 bits per heavy atom. The second-order valence-corrected chi connectivity index (χ2v) is 4.33. The van der Waals surface area contributed by atoms with Crippen molar-refractivity contribution in [2.45, 2.75) is 25.2 Å². The van der Waals surface area contributed by atoms with Crippen LogP contribution in [0.5, 0.6) is 0 Å². The van der Waals surface area contributed by atoms with Crippen molar-refractivity contribution in [1.29, 1.82) is 0 Å². The highest BCUT2D eigenvalue weighted by Crippen LogP contribution is 2.16. The molecule has 1 heterocycles. The Morgan fingerprint density at radius 2 is 2.06 bits per heavy atom. The zero-order valence-electron chi connectivity index (χ0n) is 10.3. The van der Waals surface area contributed by atoms with Gasteiger partial charge in [-0.1, -0.05) is 0 Å². The molecule has 100 valence electrons. The molecule has 1 unspecified atom stereocenters. The van der Waals surface area contributed by atoms with Crippen molar-refractivity contribution in [3.05, 3.63) is 35.4 Å². The molecule has 1 aliphatic heterocycles. The van der Waals surface area contributed by atoms with Gasteiger partial charge in [-0.3, -0.25) is 0 Å². The Kier molecular flexibility index (Phi) is 4.63. The number of benzene rings is 1. The number of hydrogen-bond acceptors (Lipinski definition) is 3. The smallest absolute Gasteiger partial charge is 0.159 e. The van der Waals surface area contributed by atoms with Crippen LogP contribution in [0.2, 0.25) is 0 Å². The van der Waals surface area contributed by atoms with Crippen molar-refractivity contribution in [2.24, 2.45) is 0 Å². The van der Waals surface area contributed by atoms with Crippen molar-refractivity contribution < 1.29 is 18.3 Å². The molecule has 1 N–H and O–H groups in total. The number of hydrogen-bond donors (Lipinski definition) is 1. The number of ether oxygens (including phenoxy) is 2. The summed E-state index contributed by atoms with van der Waals surface area (Å²) in [5.41, 5.74) is 0.368. The van der Waals surface area contributed by atoms with Crippen LogP contribution < -0.4 is 5.32 Å². The van der Waals surface area contributed by atoms with Gasteiger partial charge in [-0.05, 0) is 37.2 Å². The second kappa shape index (κ2) is 6.22. The van der Waals surface area contributed by atoms with Crippen LogP contribution in [-0.2, 0) is 15.9 Å². The largest absolute Gasteiger partial charge is 0.350 e. The van der Waals surface area contributed by atoms with Crippen LogP contribution in [0.4, 0.5) is 8.78 Å². The van der Waals surface area contributed by atoms with Gasteiger partial charge in [-0.2, -0.15) is 0 Å². The van der Waals surface area contributed by atoms with Gasteiger partial charge in [0.2, 0.25) is 0 Å². The molecule has 0 saturated carbocycles. The normalized spacial score (nSPS) is 18.2. The lowest BCUT2D eigenvalue weighted by atomic mass is 10.0. The molecule has 18 heavy (non-hydrogen) atoms. The number of rotatable bonds is 5. The highest BCUT2D eigenvalue weighted by atomic mass is 19.1. The molecule has 2 rings (SSSR count). The Hall–Kier alpha value is -1.04. The number of likely N-dealkylation sites (N-methyl/N-ethyl adjacent to an activating group) is 1. The van der Waals surface area contributed by atoms with Crippen molar-refractivity contribution in [1.82, 2.24) is 5.32 Å². The van der Waals surface area contributed by atoms with E-state index in [2.05, 4.69) is 5.32 Å². The maximum Gasteiger partial charge on any atom is 0.159 e. The van der Waals surface area contributed by atoms with E-state index < -0.39 is 5.82 Å². The summed E-state index contributed by atoms with van der Waals surface area (Å²) in [6.07, 6.45) is 0.773. The van der Waals surface area contributed by atoms with Crippen LogP contribution in [0.3, 0.4) is 0 Å². The molecule has 5 heteroatoms. The summed E-state index contributed by atoms with van der Waals surface area (Å²) < 4.78 is 37.3. The first-order valence-electron chi connectivity index (χ1n) is 6.03. The topological polar surface area (TPSA) is 30.5 Å². The molecule has 0 aliphatic carbocycles. The Morgan fingerprint density at radius 1 is 1.33 bits per heavy atom. The molecule has 1 fully saturated rings. The fourth-order valence-electron chi connectivity index (χ4n) is 2.04. The van der Waals surface area contributed by atoms with E-state index in [1.807, 2.05) is 0 Å². The molecule has 1 saturated heterocycles. The van der Waals surface area contributed by atoms with Gasteiger partial charge in [0.05, 0.1) is 13.2 Å². The average Bonchev–Trinajstić information content (AvgIpc) is 2.85. The maximum absolute atomic E-state index is 13.5. The molecule has 0 radical (unpaired) electrons. The molecular weight excluding hydrogens is 240 g/mol. The number of nitrogens with one attached hydrogen (secondary N) is 1. The standard InChI is InChI=1S/C13H17F2NO2/c1-16-11(8-13-17-4-5-18-13)7-9-6-10(14)2-3-12(9)15/h2-3,6,11,13,16H,4-5,7-8H2,1H3. The van der Waals surface area contributed by atoms with Crippen molar-refractivity contribution in [3.63, 3.8) is 0 Å². The molecule has 0 bridgehead atoms. The molecule has 1 aliphatic rings. The average molecular weight is 257 g/mol. The van der Waals surface area contributed by atoms with Crippen LogP contribution in [-0.4, -0.2) is 32.6 Å². The summed E-state index contributed by atoms with van der Waals surface area (Å²) in [6, 6.07) is 3.50. The van der Waals surface area contributed by atoms with E-state index in [4.69, 9.17) is 9.47 Å². The number of halogens is 2. The second-order valence-electron chi connectivity index (χ2n) is 4.33. The molecule has 1 aromatic carbocycles. The Balaban J connectivity index is 1.98. The quantitative estimate of drug-likeness (QED) is 0.873. The first kappa shape index (κ1) is 13.4. The fraction of sp³-hybridized carbons (Fsp3) is 0.538. The Bertz CT molecular complexity index is 395. The lowest BCUT2D eigenvalue weighted by Gasteiger charge is -2.19. The van der Waals surface area contributed by atoms with E-state index in [9.17, 15) is 8.78 Å². The molecule has 0 amide bonds. The van der Waals surface area contributed by atoms with Gasteiger partial charge in [0.15, 0.2) is 6.29 Å². The minimum Gasteiger partial charge on any atom is -0.350 e. The van der Waals surface area contributed by atoms with Gasteiger partial charge >= 0.3 is 0 Å². The van der Waals surface area contributed by atoms with E-state index in [1.54, 1.807) is 7.05 Å². The van der Waals surface area contributed by atoms with Gasteiger partial charge < -0.3 is 14.8 Å². The van der Waals surface area contributed by atoms with E-state index in [-0.39, 0.29) is 18.1 Å². The summed E-state index contributed by atoms with van der Waals surface area (Å²) >= 11 is 0. The van der Waals surface area contributed by atoms with Crippen LogP contribution in [0.15, 0.2) is 18.2 Å². The summed E-state index contributed by atoms with van der Waals surface area (Å²) in [5.74, 6) is -0.806. The minimum absolute atomic E-state index is 0.00981. The lowest BCUT2D eigenvalue weighted by Crippen LogP contribution is -2.32. The monoisotopic (exact) mass is 257 g/mol. The zero-order valence-corrected chi connectivity index (χ0v) is 10.3. The van der Waals surface area contributed by atoms with E-state index >= 15 is 0 Å². The van der Waals surface area contributed by atoms with E-state index in [1.165, 1.54) is 6.07 Å². The summed E-state index contributed by atoms with van der Waals surface area (Å²) in [5, 5.41) is 3.07. The first-order valence-corrected chi connectivity index (χ1v) is 6.03. The molecular formula is C13H17F2NO2. The molecule has 0 spiro atoms. The predicted molar refractivity (Wildman–Crippen MR) is 63.2 cm³/mol.